The van der Waals surface area contributed by atoms with Crippen LogP contribution in [0.3, 0.4) is 0 Å². The molecule has 0 saturated carbocycles. The molecule has 0 unspecified atom stereocenters. The minimum Gasteiger partial charge on any atom is -0.212 e. The normalized spacial score (nSPS) is 11.8. The van der Waals surface area contributed by atoms with Gasteiger partial charge in [-0.3, -0.25) is 0 Å². The standard InChI is InChI=1S/C7H16NO2S/c1-3-5-7-11(9,10)8-6-4-2/h6,8H,3-5,7H2,1-2H3. The van der Waals surface area contributed by atoms with Crippen molar-refractivity contribution in [3.8, 4) is 0 Å². The molecule has 0 bridgehead atoms. The van der Waals surface area contributed by atoms with E-state index < -0.39 is 10.0 Å². The van der Waals surface area contributed by atoms with Crippen molar-refractivity contribution in [2.75, 3.05) is 5.75 Å². The zero-order chi connectivity index (χ0) is 8.74. The average molecular weight is 178 g/mol. The zero-order valence-electron chi connectivity index (χ0n) is 7.13. The number of hydrogen-bond donors (Lipinski definition) is 1. The highest BCUT2D eigenvalue weighted by atomic mass is 32.2. The molecule has 0 aromatic carbocycles. The molecule has 0 saturated heterocycles. The van der Waals surface area contributed by atoms with Gasteiger partial charge in [-0.05, 0) is 12.8 Å². The highest BCUT2D eigenvalue weighted by Crippen LogP contribution is 1.94. The predicted molar refractivity (Wildman–Crippen MR) is 46.4 cm³/mol. The molecule has 0 aromatic rings. The molecule has 0 atom stereocenters. The maximum Gasteiger partial charge on any atom is 0.211 e. The molecule has 0 fully saturated rings. The quantitative estimate of drug-likeness (QED) is 0.666. The van der Waals surface area contributed by atoms with E-state index in [-0.39, 0.29) is 5.75 Å². The summed E-state index contributed by atoms with van der Waals surface area (Å²) in [4.78, 5) is 0. The SMILES string of the molecule is CC[CH]NS(=O)(=O)CCCC. The Hall–Kier alpha value is -0.0900. The Balaban J connectivity index is 3.63. The summed E-state index contributed by atoms with van der Waals surface area (Å²) in [5.74, 6) is 0.236. The van der Waals surface area contributed by atoms with Gasteiger partial charge >= 0.3 is 0 Å². The van der Waals surface area contributed by atoms with E-state index in [1.807, 2.05) is 13.8 Å². The van der Waals surface area contributed by atoms with Crippen LogP contribution in [0.25, 0.3) is 0 Å². The van der Waals surface area contributed by atoms with E-state index in [0.29, 0.717) is 0 Å². The van der Waals surface area contributed by atoms with E-state index in [1.54, 1.807) is 6.54 Å². The molecule has 11 heavy (non-hydrogen) atoms. The maximum absolute atomic E-state index is 11.0. The van der Waals surface area contributed by atoms with E-state index in [4.69, 9.17) is 0 Å². The Labute approximate surface area is 69.2 Å². The lowest BCUT2D eigenvalue weighted by atomic mass is 10.4. The Morgan fingerprint density at radius 2 is 2.00 bits per heavy atom. The second-order valence-electron chi connectivity index (χ2n) is 2.40. The Morgan fingerprint density at radius 1 is 1.36 bits per heavy atom. The van der Waals surface area contributed by atoms with Gasteiger partial charge in [0.05, 0.1) is 5.75 Å². The molecule has 0 aromatic heterocycles. The van der Waals surface area contributed by atoms with E-state index in [2.05, 4.69) is 4.72 Å². The van der Waals surface area contributed by atoms with Gasteiger partial charge in [-0.25, -0.2) is 13.1 Å². The Morgan fingerprint density at radius 3 is 2.45 bits per heavy atom. The molecule has 0 rings (SSSR count). The summed E-state index contributed by atoms with van der Waals surface area (Å²) in [6.07, 6.45) is 2.37. The molecule has 0 aliphatic heterocycles. The number of rotatable bonds is 6. The number of nitrogens with one attached hydrogen (secondary N) is 1. The van der Waals surface area contributed by atoms with E-state index in [1.165, 1.54) is 0 Å². The van der Waals surface area contributed by atoms with Crippen LogP contribution in [0, 0.1) is 6.54 Å². The van der Waals surface area contributed by atoms with E-state index in [9.17, 15) is 8.42 Å². The molecule has 1 N–H and O–H groups in total. The van der Waals surface area contributed by atoms with Crippen LogP contribution in [0.4, 0.5) is 0 Å². The predicted octanol–water partition coefficient (Wildman–Crippen LogP) is 1.28. The third-order valence-electron chi connectivity index (χ3n) is 1.23. The van der Waals surface area contributed by atoms with Crippen molar-refractivity contribution in [2.45, 2.75) is 33.1 Å². The van der Waals surface area contributed by atoms with Crippen molar-refractivity contribution in [3.05, 3.63) is 6.54 Å². The minimum atomic E-state index is -3.01. The van der Waals surface area contributed by atoms with Crippen molar-refractivity contribution >= 4 is 10.0 Å². The van der Waals surface area contributed by atoms with E-state index >= 15 is 0 Å². The molecular formula is C7H16NO2S. The fourth-order valence-electron chi connectivity index (χ4n) is 0.604. The third kappa shape index (κ3) is 6.31. The van der Waals surface area contributed by atoms with E-state index in [0.717, 1.165) is 19.3 Å². The van der Waals surface area contributed by atoms with Gasteiger partial charge in [0, 0.05) is 6.54 Å². The molecule has 3 nitrogen and oxygen atoms in total. The molecule has 0 spiro atoms. The van der Waals surface area contributed by atoms with Crippen LogP contribution < -0.4 is 4.72 Å². The van der Waals surface area contributed by atoms with Crippen LogP contribution in [-0.4, -0.2) is 14.2 Å². The van der Waals surface area contributed by atoms with Crippen molar-refractivity contribution in [3.63, 3.8) is 0 Å². The number of sulfonamides is 1. The lowest BCUT2D eigenvalue weighted by molar-refractivity contribution is 0.583. The summed E-state index contributed by atoms with van der Waals surface area (Å²) in [7, 11) is -3.01. The summed E-state index contributed by atoms with van der Waals surface area (Å²) in [6.45, 7) is 5.42. The molecule has 0 heterocycles. The summed E-state index contributed by atoms with van der Waals surface area (Å²) < 4.78 is 24.4. The monoisotopic (exact) mass is 178 g/mol. The van der Waals surface area contributed by atoms with Gasteiger partial charge in [0.25, 0.3) is 0 Å². The van der Waals surface area contributed by atoms with Crippen LogP contribution in [0.2, 0.25) is 0 Å². The lowest BCUT2D eigenvalue weighted by Gasteiger charge is -2.02. The molecule has 0 aliphatic rings. The van der Waals surface area contributed by atoms with Crippen molar-refractivity contribution in [1.29, 1.82) is 0 Å². The van der Waals surface area contributed by atoms with Gasteiger partial charge in [-0.2, -0.15) is 0 Å². The molecule has 0 amide bonds. The second kappa shape index (κ2) is 5.55. The van der Waals surface area contributed by atoms with Gasteiger partial charge in [0.1, 0.15) is 0 Å². The van der Waals surface area contributed by atoms with Crippen LogP contribution in [0.15, 0.2) is 0 Å². The highest BCUT2D eigenvalue weighted by Gasteiger charge is 2.06. The lowest BCUT2D eigenvalue weighted by Crippen LogP contribution is -2.23. The van der Waals surface area contributed by atoms with Gasteiger partial charge in [-0.15, -0.1) is 0 Å². The first-order valence-corrected chi connectivity index (χ1v) is 5.59. The van der Waals surface area contributed by atoms with Gasteiger partial charge in [0.2, 0.25) is 10.0 Å². The first kappa shape index (κ1) is 10.9. The first-order valence-electron chi connectivity index (χ1n) is 3.94. The number of hydrogen-bond acceptors (Lipinski definition) is 2. The van der Waals surface area contributed by atoms with Crippen molar-refractivity contribution < 1.29 is 8.42 Å². The van der Waals surface area contributed by atoms with Crippen molar-refractivity contribution in [1.82, 2.24) is 4.72 Å². The molecular weight excluding hydrogens is 162 g/mol. The second-order valence-corrected chi connectivity index (χ2v) is 4.28. The largest absolute Gasteiger partial charge is 0.212 e. The smallest absolute Gasteiger partial charge is 0.211 e. The van der Waals surface area contributed by atoms with Gasteiger partial charge < -0.3 is 0 Å². The summed E-state index contributed by atoms with van der Waals surface area (Å²) >= 11 is 0. The van der Waals surface area contributed by atoms with Gasteiger partial charge in [0.15, 0.2) is 0 Å². The number of unbranched alkanes of at least 4 members (excludes halogenated alkanes) is 1. The van der Waals surface area contributed by atoms with Crippen LogP contribution >= 0.6 is 0 Å². The Bertz CT molecular complexity index is 161. The molecule has 4 heteroatoms. The summed E-state index contributed by atoms with van der Waals surface area (Å²) in [6, 6.07) is 0. The summed E-state index contributed by atoms with van der Waals surface area (Å²) in [5, 5.41) is 0. The third-order valence-corrected chi connectivity index (χ3v) is 2.59. The van der Waals surface area contributed by atoms with Gasteiger partial charge in [-0.1, -0.05) is 20.3 Å². The molecule has 67 valence electrons. The zero-order valence-corrected chi connectivity index (χ0v) is 7.95. The minimum absolute atomic E-state index is 0.236. The van der Waals surface area contributed by atoms with Crippen LogP contribution in [0.1, 0.15) is 33.1 Å². The fourth-order valence-corrected chi connectivity index (χ4v) is 1.81. The maximum atomic E-state index is 11.0. The highest BCUT2D eigenvalue weighted by molar-refractivity contribution is 7.89. The topological polar surface area (TPSA) is 46.2 Å². The average Bonchev–Trinajstić information content (AvgIpc) is 1.97. The Kier molecular flexibility index (Phi) is 5.50. The van der Waals surface area contributed by atoms with Crippen molar-refractivity contribution in [2.24, 2.45) is 0 Å². The molecule has 0 aliphatic carbocycles. The summed E-state index contributed by atoms with van der Waals surface area (Å²) in [5.41, 5.74) is 0. The van der Waals surface area contributed by atoms with Crippen LogP contribution in [0.5, 0.6) is 0 Å². The molecule has 1 radical (unpaired) electrons. The first-order chi connectivity index (χ1) is 5.12. The fraction of sp³-hybridized carbons (Fsp3) is 0.857. The van der Waals surface area contributed by atoms with Crippen LogP contribution in [-0.2, 0) is 10.0 Å².